The molecule has 0 unspecified atom stereocenters. The van der Waals surface area contributed by atoms with Crippen LogP contribution < -0.4 is 10.2 Å². The quantitative estimate of drug-likeness (QED) is 0.731. The Morgan fingerprint density at radius 1 is 1.52 bits per heavy atom. The predicted octanol–water partition coefficient (Wildman–Crippen LogP) is 1.23. The molecule has 7 heteroatoms. The number of hydrogen-bond acceptors (Lipinski definition) is 6. The van der Waals surface area contributed by atoms with Gasteiger partial charge < -0.3 is 20.1 Å². The van der Waals surface area contributed by atoms with Crippen molar-refractivity contribution in [2.75, 3.05) is 43.6 Å². The molecule has 1 aliphatic rings. The number of carbonyl (C=O) groups is 1. The van der Waals surface area contributed by atoms with E-state index in [1.54, 1.807) is 13.3 Å². The lowest BCUT2D eigenvalue weighted by molar-refractivity contribution is -0.142. The number of ether oxygens (including phenoxy) is 1. The lowest BCUT2D eigenvalue weighted by Gasteiger charge is -2.31. The molecule has 0 aromatic carbocycles. The summed E-state index contributed by atoms with van der Waals surface area (Å²) in [7, 11) is 1.68. The summed E-state index contributed by atoms with van der Waals surface area (Å²) in [6.07, 6.45) is 3.95. The van der Waals surface area contributed by atoms with E-state index in [2.05, 4.69) is 20.2 Å². The number of rotatable bonds is 7. The van der Waals surface area contributed by atoms with E-state index in [-0.39, 0.29) is 5.92 Å². The molecular formula is C14H22N4O3. The van der Waals surface area contributed by atoms with Gasteiger partial charge in [-0.15, -0.1) is 0 Å². The largest absolute Gasteiger partial charge is 0.481 e. The van der Waals surface area contributed by atoms with Gasteiger partial charge in [-0.05, 0) is 25.3 Å². The maximum absolute atomic E-state index is 11.0. The van der Waals surface area contributed by atoms with Gasteiger partial charge in [0.2, 0.25) is 5.95 Å². The first kappa shape index (κ1) is 15.5. The maximum Gasteiger partial charge on any atom is 0.306 e. The predicted molar refractivity (Wildman–Crippen MR) is 79.6 cm³/mol. The number of aliphatic carboxylic acids is 1. The highest BCUT2D eigenvalue weighted by atomic mass is 16.5. The van der Waals surface area contributed by atoms with E-state index in [1.807, 2.05) is 6.07 Å². The van der Waals surface area contributed by atoms with E-state index in [9.17, 15) is 4.79 Å². The van der Waals surface area contributed by atoms with Crippen molar-refractivity contribution >= 4 is 17.7 Å². The molecule has 0 radical (unpaired) electrons. The highest BCUT2D eigenvalue weighted by Crippen LogP contribution is 2.22. The van der Waals surface area contributed by atoms with Crippen LogP contribution in [0.1, 0.15) is 19.3 Å². The van der Waals surface area contributed by atoms with Crippen LogP contribution in [0, 0.1) is 5.92 Å². The van der Waals surface area contributed by atoms with Crippen LogP contribution in [0.5, 0.6) is 0 Å². The molecule has 0 saturated carbocycles. The Morgan fingerprint density at radius 2 is 2.29 bits per heavy atom. The summed E-state index contributed by atoms with van der Waals surface area (Å²) < 4.78 is 4.99. The minimum atomic E-state index is -0.696. The van der Waals surface area contributed by atoms with Gasteiger partial charge in [-0.25, -0.2) is 4.98 Å². The van der Waals surface area contributed by atoms with Gasteiger partial charge in [0.1, 0.15) is 5.82 Å². The Balaban J connectivity index is 1.87. The zero-order chi connectivity index (χ0) is 15.1. The van der Waals surface area contributed by atoms with E-state index in [4.69, 9.17) is 9.84 Å². The van der Waals surface area contributed by atoms with Crippen molar-refractivity contribution in [1.29, 1.82) is 0 Å². The number of aromatic nitrogens is 2. The SMILES string of the molecule is COCCCNc1nccc(N2CCC(C(=O)O)CC2)n1. The van der Waals surface area contributed by atoms with Crippen LogP contribution in [0.3, 0.4) is 0 Å². The molecule has 0 amide bonds. The van der Waals surface area contributed by atoms with E-state index in [1.165, 1.54) is 0 Å². The second-order valence-electron chi connectivity index (χ2n) is 5.11. The molecule has 1 saturated heterocycles. The third-order valence-electron chi connectivity index (χ3n) is 3.62. The van der Waals surface area contributed by atoms with Crippen molar-refractivity contribution in [3.63, 3.8) is 0 Å². The molecular weight excluding hydrogens is 272 g/mol. The van der Waals surface area contributed by atoms with Gasteiger partial charge in [-0.3, -0.25) is 4.79 Å². The summed E-state index contributed by atoms with van der Waals surface area (Å²) in [6.45, 7) is 2.90. The van der Waals surface area contributed by atoms with E-state index < -0.39 is 5.97 Å². The number of nitrogens with zero attached hydrogens (tertiary/aromatic N) is 3. The molecule has 7 nitrogen and oxygen atoms in total. The molecule has 0 spiro atoms. The molecule has 2 rings (SSSR count). The Hall–Kier alpha value is -1.89. The van der Waals surface area contributed by atoms with Gasteiger partial charge >= 0.3 is 5.97 Å². The number of anilines is 2. The average molecular weight is 294 g/mol. The molecule has 0 bridgehead atoms. The minimum Gasteiger partial charge on any atom is -0.481 e. The fourth-order valence-electron chi connectivity index (χ4n) is 2.38. The van der Waals surface area contributed by atoms with Crippen LogP contribution in [0.2, 0.25) is 0 Å². The van der Waals surface area contributed by atoms with Crippen molar-refractivity contribution in [3.05, 3.63) is 12.3 Å². The smallest absolute Gasteiger partial charge is 0.306 e. The van der Waals surface area contributed by atoms with Crippen molar-refractivity contribution in [1.82, 2.24) is 9.97 Å². The van der Waals surface area contributed by atoms with Crippen molar-refractivity contribution in [3.8, 4) is 0 Å². The Morgan fingerprint density at radius 3 is 2.95 bits per heavy atom. The first-order valence-electron chi connectivity index (χ1n) is 7.24. The second-order valence-corrected chi connectivity index (χ2v) is 5.11. The van der Waals surface area contributed by atoms with Crippen molar-refractivity contribution < 1.29 is 14.6 Å². The number of methoxy groups -OCH3 is 1. The summed E-state index contributed by atoms with van der Waals surface area (Å²) in [4.78, 5) is 21.7. The highest BCUT2D eigenvalue weighted by molar-refractivity contribution is 5.70. The van der Waals surface area contributed by atoms with Crippen LogP contribution in [0.25, 0.3) is 0 Å². The third-order valence-corrected chi connectivity index (χ3v) is 3.62. The zero-order valence-corrected chi connectivity index (χ0v) is 12.3. The van der Waals surface area contributed by atoms with Gasteiger partial charge in [-0.2, -0.15) is 4.98 Å². The van der Waals surface area contributed by atoms with Gasteiger partial charge in [0.15, 0.2) is 0 Å². The summed E-state index contributed by atoms with van der Waals surface area (Å²) in [6, 6.07) is 1.86. The molecule has 116 valence electrons. The summed E-state index contributed by atoms with van der Waals surface area (Å²) in [5.74, 6) is 0.527. The number of nitrogens with one attached hydrogen (secondary N) is 1. The minimum absolute atomic E-state index is 0.227. The zero-order valence-electron chi connectivity index (χ0n) is 12.3. The topological polar surface area (TPSA) is 87.6 Å². The average Bonchev–Trinajstić information content (AvgIpc) is 2.52. The van der Waals surface area contributed by atoms with Gasteiger partial charge in [0.25, 0.3) is 0 Å². The molecule has 1 fully saturated rings. The molecule has 1 aromatic rings. The van der Waals surface area contributed by atoms with Crippen molar-refractivity contribution in [2.45, 2.75) is 19.3 Å². The van der Waals surface area contributed by atoms with Crippen LogP contribution in [-0.4, -0.2) is 54.4 Å². The number of carboxylic acids is 1. The summed E-state index contributed by atoms with van der Waals surface area (Å²) in [5, 5.41) is 12.2. The van der Waals surface area contributed by atoms with E-state index >= 15 is 0 Å². The Bertz CT molecular complexity index is 461. The molecule has 1 aliphatic heterocycles. The van der Waals surface area contributed by atoms with Crippen LogP contribution >= 0.6 is 0 Å². The summed E-state index contributed by atoms with van der Waals surface area (Å²) >= 11 is 0. The van der Waals surface area contributed by atoms with Gasteiger partial charge in [0, 0.05) is 39.5 Å². The fourth-order valence-corrected chi connectivity index (χ4v) is 2.38. The monoisotopic (exact) mass is 294 g/mol. The van der Waals surface area contributed by atoms with Crippen molar-refractivity contribution in [2.24, 2.45) is 5.92 Å². The van der Waals surface area contributed by atoms with E-state index in [0.29, 0.717) is 25.4 Å². The number of piperidine rings is 1. The normalized spacial score (nSPS) is 16.0. The summed E-state index contributed by atoms with van der Waals surface area (Å²) in [5.41, 5.74) is 0. The lowest BCUT2D eigenvalue weighted by atomic mass is 9.97. The fraction of sp³-hybridized carbons (Fsp3) is 0.643. The molecule has 21 heavy (non-hydrogen) atoms. The first-order valence-corrected chi connectivity index (χ1v) is 7.24. The molecule has 1 aromatic heterocycles. The van der Waals surface area contributed by atoms with Gasteiger partial charge in [0.05, 0.1) is 5.92 Å². The third kappa shape index (κ3) is 4.56. The van der Waals surface area contributed by atoms with Crippen LogP contribution in [0.15, 0.2) is 12.3 Å². The number of hydrogen-bond donors (Lipinski definition) is 2. The molecule has 2 N–H and O–H groups in total. The Labute approximate surface area is 124 Å². The molecule has 0 aliphatic carbocycles. The number of carboxylic acid groups (broad SMARTS) is 1. The van der Waals surface area contributed by atoms with Crippen LogP contribution in [0.4, 0.5) is 11.8 Å². The highest BCUT2D eigenvalue weighted by Gasteiger charge is 2.25. The van der Waals surface area contributed by atoms with Crippen LogP contribution in [-0.2, 0) is 9.53 Å². The molecule has 0 atom stereocenters. The standard InChI is InChI=1S/C14H22N4O3/c1-21-10-2-6-15-14-16-7-3-12(17-14)18-8-4-11(5-9-18)13(19)20/h3,7,11H,2,4-6,8-10H2,1H3,(H,19,20)(H,15,16,17). The lowest BCUT2D eigenvalue weighted by Crippen LogP contribution is -2.36. The molecule has 2 heterocycles. The van der Waals surface area contributed by atoms with Gasteiger partial charge in [-0.1, -0.05) is 0 Å². The maximum atomic E-state index is 11.0. The second kappa shape index (κ2) is 7.78. The Kier molecular flexibility index (Phi) is 5.74. The first-order chi connectivity index (χ1) is 10.2. The van der Waals surface area contributed by atoms with E-state index in [0.717, 1.165) is 31.9 Å².